The van der Waals surface area contributed by atoms with Crippen molar-refractivity contribution in [2.24, 2.45) is 0 Å². The first kappa shape index (κ1) is 12.5. The molecule has 1 aliphatic rings. The average Bonchev–Trinajstić information content (AvgIpc) is 2.78. The summed E-state index contributed by atoms with van der Waals surface area (Å²) in [6, 6.07) is 3.72. The fourth-order valence-corrected chi connectivity index (χ4v) is 2.82. The average molecular weight is 255 g/mol. The molecule has 0 aromatic carbocycles. The third-order valence-corrected chi connectivity index (χ3v) is 4.18. The summed E-state index contributed by atoms with van der Waals surface area (Å²) in [7, 11) is 1.94. The fraction of sp³-hybridized carbons (Fsp3) is 0.583. The van der Waals surface area contributed by atoms with E-state index in [1.807, 2.05) is 18.0 Å². The van der Waals surface area contributed by atoms with Crippen LogP contribution in [0.3, 0.4) is 0 Å². The number of nitrogens with zero attached hydrogens (tertiary/aromatic N) is 1. The first-order valence-corrected chi connectivity index (χ1v) is 6.51. The second kappa shape index (κ2) is 5.16. The van der Waals surface area contributed by atoms with Gasteiger partial charge in [-0.05, 0) is 12.1 Å². The smallest absolute Gasteiger partial charge is 0.160 e. The van der Waals surface area contributed by atoms with E-state index in [2.05, 4.69) is 0 Å². The van der Waals surface area contributed by atoms with Gasteiger partial charge in [-0.15, -0.1) is 11.3 Å². The van der Waals surface area contributed by atoms with E-state index < -0.39 is 5.60 Å². The lowest BCUT2D eigenvalue weighted by atomic mass is 9.94. The predicted molar refractivity (Wildman–Crippen MR) is 68.0 cm³/mol. The molecule has 1 aromatic heterocycles. The van der Waals surface area contributed by atoms with Crippen LogP contribution in [0.2, 0.25) is 0 Å². The van der Waals surface area contributed by atoms with Crippen LogP contribution in [0.15, 0.2) is 12.1 Å². The Morgan fingerprint density at radius 1 is 1.53 bits per heavy atom. The Bertz CT molecular complexity index is 385. The van der Waals surface area contributed by atoms with E-state index in [1.54, 1.807) is 6.07 Å². The van der Waals surface area contributed by atoms with Crippen LogP contribution in [0, 0.1) is 0 Å². The summed E-state index contributed by atoms with van der Waals surface area (Å²) >= 11 is 1.44. The van der Waals surface area contributed by atoms with Crippen molar-refractivity contribution in [1.29, 1.82) is 0 Å². The molecule has 0 spiro atoms. The first-order valence-electron chi connectivity index (χ1n) is 5.69. The van der Waals surface area contributed by atoms with Crippen molar-refractivity contribution in [1.82, 2.24) is 0 Å². The topological polar surface area (TPSA) is 49.8 Å². The number of likely N-dealkylation sites (N-methyl/N-ethyl adjacent to an activating group) is 1. The molecular formula is C12H17NO3S. The summed E-state index contributed by atoms with van der Waals surface area (Å²) in [6.07, 6.45) is 2.19. The first-order chi connectivity index (χ1) is 8.13. The van der Waals surface area contributed by atoms with Gasteiger partial charge in [0.05, 0.1) is 15.5 Å². The summed E-state index contributed by atoms with van der Waals surface area (Å²) in [5, 5.41) is 11.4. The van der Waals surface area contributed by atoms with Gasteiger partial charge >= 0.3 is 0 Å². The van der Waals surface area contributed by atoms with Crippen LogP contribution in [-0.2, 0) is 4.74 Å². The van der Waals surface area contributed by atoms with Gasteiger partial charge < -0.3 is 14.7 Å². The summed E-state index contributed by atoms with van der Waals surface area (Å²) in [4.78, 5) is 13.3. The lowest BCUT2D eigenvalue weighted by Gasteiger charge is -2.35. The molecule has 0 radical (unpaired) electrons. The molecule has 17 heavy (non-hydrogen) atoms. The molecular weight excluding hydrogens is 238 g/mol. The Morgan fingerprint density at radius 2 is 2.24 bits per heavy atom. The van der Waals surface area contributed by atoms with Gasteiger partial charge in [0.2, 0.25) is 0 Å². The van der Waals surface area contributed by atoms with Crippen LogP contribution >= 0.6 is 11.3 Å². The molecule has 2 rings (SSSR count). The van der Waals surface area contributed by atoms with Gasteiger partial charge in [-0.2, -0.15) is 0 Å². The van der Waals surface area contributed by atoms with Gasteiger partial charge in [-0.25, -0.2) is 0 Å². The highest BCUT2D eigenvalue weighted by Crippen LogP contribution is 2.28. The van der Waals surface area contributed by atoms with Crippen molar-refractivity contribution < 1.29 is 14.6 Å². The minimum Gasteiger partial charge on any atom is -0.388 e. The quantitative estimate of drug-likeness (QED) is 0.829. The van der Waals surface area contributed by atoms with Gasteiger partial charge in [-0.1, -0.05) is 0 Å². The maximum absolute atomic E-state index is 10.6. The zero-order valence-corrected chi connectivity index (χ0v) is 10.7. The van der Waals surface area contributed by atoms with Gasteiger partial charge in [0.15, 0.2) is 6.29 Å². The molecule has 5 heteroatoms. The molecule has 1 saturated heterocycles. The van der Waals surface area contributed by atoms with Crippen molar-refractivity contribution in [3.63, 3.8) is 0 Å². The van der Waals surface area contributed by atoms with Crippen molar-refractivity contribution in [2.45, 2.75) is 18.4 Å². The molecule has 2 heterocycles. The van der Waals surface area contributed by atoms with Gasteiger partial charge in [0.1, 0.15) is 0 Å². The number of carbonyl (C=O) groups is 1. The SMILES string of the molecule is CN(CC1(O)CCOCC1)c1ccc(C=O)s1. The maximum Gasteiger partial charge on any atom is 0.160 e. The molecule has 0 unspecified atom stereocenters. The Morgan fingerprint density at radius 3 is 2.82 bits per heavy atom. The molecule has 1 N–H and O–H groups in total. The van der Waals surface area contributed by atoms with Crippen molar-refractivity contribution in [3.8, 4) is 0 Å². The largest absolute Gasteiger partial charge is 0.388 e. The number of thiophene rings is 1. The van der Waals surface area contributed by atoms with Crippen molar-refractivity contribution in [2.75, 3.05) is 31.7 Å². The molecule has 0 bridgehead atoms. The summed E-state index contributed by atoms with van der Waals surface area (Å²) in [5.74, 6) is 0. The van der Waals surface area contributed by atoms with E-state index in [4.69, 9.17) is 4.74 Å². The zero-order valence-electron chi connectivity index (χ0n) is 9.89. The summed E-state index contributed by atoms with van der Waals surface area (Å²) < 4.78 is 5.25. The zero-order chi connectivity index (χ0) is 12.3. The molecule has 1 fully saturated rings. The molecule has 94 valence electrons. The van der Waals surface area contributed by atoms with Crippen LogP contribution in [0.4, 0.5) is 5.00 Å². The summed E-state index contributed by atoms with van der Waals surface area (Å²) in [6.45, 7) is 1.82. The highest BCUT2D eigenvalue weighted by Gasteiger charge is 2.31. The standard InChI is InChI=1S/C12H17NO3S/c1-13(11-3-2-10(8-14)17-11)9-12(15)4-6-16-7-5-12/h2-3,8,15H,4-7,9H2,1H3. The second-order valence-electron chi connectivity index (χ2n) is 4.49. The second-order valence-corrected chi connectivity index (χ2v) is 5.58. The predicted octanol–water partition coefficient (Wildman–Crippen LogP) is 1.54. The number of aliphatic hydroxyl groups is 1. The number of anilines is 1. The number of hydrogen-bond donors (Lipinski definition) is 1. The Kier molecular flexibility index (Phi) is 3.81. The third kappa shape index (κ3) is 3.06. The maximum atomic E-state index is 10.6. The van der Waals surface area contributed by atoms with Gasteiger partial charge in [0, 0.05) is 39.6 Å². The number of carbonyl (C=O) groups excluding carboxylic acids is 1. The normalized spacial score (nSPS) is 18.9. The number of rotatable bonds is 4. The van der Waals surface area contributed by atoms with Gasteiger partial charge in [-0.3, -0.25) is 4.79 Å². The number of ether oxygens (including phenoxy) is 1. The Labute approximate surface area is 105 Å². The fourth-order valence-electron chi connectivity index (χ4n) is 2.04. The molecule has 0 aliphatic carbocycles. The van der Waals surface area contributed by atoms with Crippen molar-refractivity contribution >= 4 is 22.6 Å². The van der Waals surface area contributed by atoms with E-state index in [-0.39, 0.29) is 0 Å². The summed E-state index contributed by atoms with van der Waals surface area (Å²) in [5.41, 5.74) is -0.668. The Balaban J connectivity index is 2.00. The molecule has 0 saturated carbocycles. The number of hydrogen-bond acceptors (Lipinski definition) is 5. The molecule has 1 aromatic rings. The minimum atomic E-state index is -0.668. The monoisotopic (exact) mass is 255 g/mol. The molecule has 0 atom stereocenters. The highest BCUT2D eigenvalue weighted by molar-refractivity contribution is 7.17. The van der Waals surface area contributed by atoms with E-state index in [0.29, 0.717) is 37.5 Å². The lowest BCUT2D eigenvalue weighted by Crippen LogP contribution is -2.45. The van der Waals surface area contributed by atoms with E-state index >= 15 is 0 Å². The highest BCUT2D eigenvalue weighted by atomic mass is 32.1. The lowest BCUT2D eigenvalue weighted by molar-refractivity contribution is -0.0572. The van der Waals surface area contributed by atoms with Crippen LogP contribution < -0.4 is 4.90 Å². The van der Waals surface area contributed by atoms with Crippen molar-refractivity contribution in [3.05, 3.63) is 17.0 Å². The van der Waals surface area contributed by atoms with Crippen LogP contribution in [-0.4, -0.2) is 43.8 Å². The molecule has 0 amide bonds. The minimum absolute atomic E-state index is 0.579. The Hall–Kier alpha value is -0.910. The van der Waals surface area contributed by atoms with Crippen LogP contribution in [0.5, 0.6) is 0 Å². The van der Waals surface area contributed by atoms with Crippen LogP contribution in [0.25, 0.3) is 0 Å². The van der Waals surface area contributed by atoms with Crippen LogP contribution in [0.1, 0.15) is 22.5 Å². The van der Waals surface area contributed by atoms with E-state index in [1.165, 1.54) is 11.3 Å². The molecule has 4 nitrogen and oxygen atoms in total. The third-order valence-electron chi connectivity index (χ3n) is 3.06. The number of aldehydes is 1. The molecule has 1 aliphatic heterocycles. The van der Waals surface area contributed by atoms with Gasteiger partial charge in [0.25, 0.3) is 0 Å². The van der Waals surface area contributed by atoms with E-state index in [9.17, 15) is 9.90 Å². The van der Waals surface area contributed by atoms with E-state index in [0.717, 1.165) is 11.3 Å².